The van der Waals surface area contributed by atoms with E-state index in [1.807, 2.05) is 23.6 Å². The number of thiophene rings is 1. The van der Waals surface area contributed by atoms with E-state index in [-0.39, 0.29) is 24.1 Å². The number of benzene rings is 1. The van der Waals surface area contributed by atoms with Gasteiger partial charge in [-0.05, 0) is 42.1 Å². The van der Waals surface area contributed by atoms with E-state index in [2.05, 4.69) is 9.88 Å². The molecule has 0 aliphatic carbocycles. The number of rotatable bonds is 7. The van der Waals surface area contributed by atoms with Crippen LogP contribution < -0.4 is 4.90 Å². The maximum absolute atomic E-state index is 13.6. The molecule has 1 saturated heterocycles. The summed E-state index contributed by atoms with van der Waals surface area (Å²) in [6.07, 6.45) is 4.26. The highest BCUT2D eigenvalue weighted by molar-refractivity contribution is 7.22. The summed E-state index contributed by atoms with van der Waals surface area (Å²) in [7, 11) is 0. The first-order valence-corrected chi connectivity index (χ1v) is 11.3. The Balaban J connectivity index is 0.00000256. The quantitative estimate of drug-likeness (QED) is 0.473. The number of carbonyl (C=O) groups is 1. The molecule has 0 saturated carbocycles. The van der Waals surface area contributed by atoms with Crippen LogP contribution in [0.1, 0.15) is 11.3 Å². The van der Waals surface area contributed by atoms with Crippen LogP contribution in [0.25, 0.3) is 16.3 Å². The Kier molecular flexibility index (Phi) is 8.35. The van der Waals surface area contributed by atoms with Gasteiger partial charge in [0.05, 0.1) is 23.4 Å². The van der Waals surface area contributed by atoms with Gasteiger partial charge in [-0.1, -0.05) is 17.4 Å². The molecule has 2 aromatic heterocycles. The zero-order valence-corrected chi connectivity index (χ0v) is 18.8. The van der Waals surface area contributed by atoms with E-state index in [0.717, 1.165) is 48.8 Å². The van der Waals surface area contributed by atoms with Crippen LogP contribution in [0.3, 0.4) is 0 Å². The average molecular weight is 468 g/mol. The molecule has 5 nitrogen and oxygen atoms in total. The number of morpholine rings is 1. The lowest BCUT2D eigenvalue weighted by Gasteiger charge is -2.27. The number of carbonyl (C=O) groups excluding carboxylic acids is 1. The van der Waals surface area contributed by atoms with Gasteiger partial charge >= 0.3 is 0 Å². The van der Waals surface area contributed by atoms with Crippen LogP contribution >= 0.6 is 35.1 Å². The zero-order chi connectivity index (χ0) is 20.1. The van der Waals surface area contributed by atoms with Crippen LogP contribution in [0, 0.1) is 5.82 Å². The average Bonchev–Trinajstić information content (AvgIpc) is 3.39. The van der Waals surface area contributed by atoms with Gasteiger partial charge in [0, 0.05) is 37.1 Å². The van der Waals surface area contributed by atoms with Gasteiger partial charge in [0.2, 0.25) is 0 Å². The standard InChI is InChI=1S/C21H22FN3O2S2.ClH/c22-16-4-6-18-19(15-16)29-21(23-18)25(9-2-8-24-10-12-27-13-11-24)20(26)7-5-17-3-1-14-28-17;/h1,3-7,14-15H,2,8-13H2;1H. The first kappa shape index (κ1) is 22.8. The molecule has 4 rings (SSSR count). The topological polar surface area (TPSA) is 45.7 Å². The fourth-order valence-electron chi connectivity index (χ4n) is 3.21. The van der Waals surface area contributed by atoms with E-state index in [1.54, 1.807) is 28.4 Å². The molecule has 1 aliphatic heterocycles. The molecule has 0 radical (unpaired) electrons. The molecule has 3 heterocycles. The minimum absolute atomic E-state index is 0. The molecular formula is C21H23ClFN3O2S2. The van der Waals surface area contributed by atoms with E-state index in [4.69, 9.17) is 4.74 Å². The summed E-state index contributed by atoms with van der Waals surface area (Å²) in [6.45, 7) is 4.83. The number of nitrogens with zero attached hydrogens (tertiary/aromatic N) is 3. The molecular weight excluding hydrogens is 445 g/mol. The van der Waals surface area contributed by atoms with Gasteiger partial charge in [0.25, 0.3) is 5.91 Å². The summed E-state index contributed by atoms with van der Waals surface area (Å²) in [4.78, 5) is 22.6. The van der Waals surface area contributed by atoms with Crippen molar-refractivity contribution in [3.63, 3.8) is 0 Å². The lowest BCUT2D eigenvalue weighted by Crippen LogP contribution is -2.39. The normalized spacial score (nSPS) is 14.8. The van der Waals surface area contributed by atoms with Crippen molar-refractivity contribution in [1.29, 1.82) is 0 Å². The predicted molar refractivity (Wildman–Crippen MR) is 124 cm³/mol. The van der Waals surface area contributed by atoms with Crippen LogP contribution in [0.4, 0.5) is 9.52 Å². The summed E-state index contributed by atoms with van der Waals surface area (Å²) < 4.78 is 19.7. The molecule has 0 spiro atoms. The van der Waals surface area contributed by atoms with Gasteiger partial charge in [-0.15, -0.1) is 23.7 Å². The molecule has 0 unspecified atom stereocenters. The number of ether oxygens (including phenoxy) is 1. The van der Waals surface area contributed by atoms with Crippen molar-refractivity contribution < 1.29 is 13.9 Å². The Bertz CT molecular complexity index is 987. The van der Waals surface area contributed by atoms with Crippen molar-refractivity contribution in [2.45, 2.75) is 6.42 Å². The number of amides is 1. The van der Waals surface area contributed by atoms with Gasteiger partial charge in [-0.25, -0.2) is 9.37 Å². The highest BCUT2D eigenvalue weighted by Gasteiger charge is 2.19. The predicted octanol–water partition coefficient (Wildman–Crippen LogP) is 4.69. The number of aromatic nitrogens is 1. The third-order valence-corrected chi connectivity index (χ3v) is 6.61. The second-order valence-electron chi connectivity index (χ2n) is 6.75. The molecule has 1 amide bonds. The number of hydrogen-bond donors (Lipinski definition) is 0. The molecule has 0 bridgehead atoms. The summed E-state index contributed by atoms with van der Waals surface area (Å²) in [5.41, 5.74) is 0.708. The van der Waals surface area contributed by atoms with Crippen molar-refractivity contribution in [2.75, 3.05) is 44.3 Å². The Hall–Kier alpha value is -1.84. The van der Waals surface area contributed by atoms with Gasteiger partial charge in [0.15, 0.2) is 5.13 Å². The minimum atomic E-state index is -0.296. The summed E-state index contributed by atoms with van der Waals surface area (Å²) in [6, 6.07) is 8.44. The first-order valence-electron chi connectivity index (χ1n) is 9.58. The summed E-state index contributed by atoms with van der Waals surface area (Å²) in [5, 5.41) is 2.58. The van der Waals surface area contributed by atoms with Crippen molar-refractivity contribution in [1.82, 2.24) is 9.88 Å². The number of fused-ring (bicyclic) bond motifs is 1. The van der Waals surface area contributed by atoms with Crippen molar-refractivity contribution in [3.05, 3.63) is 52.5 Å². The molecule has 1 aromatic carbocycles. The zero-order valence-electron chi connectivity index (χ0n) is 16.3. The third-order valence-electron chi connectivity index (χ3n) is 4.73. The lowest BCUT2D eigenvalue weighted by molar-refractivity contribution is -0.114. The van der Waals surface area contributed by atoms with Crippen LogP contribution in [0.15, 0.2) is 41.8 Å². The van der Waals surface area contributed by atoms with Crippen LogP contribution in [0.2, 0.25) is 0 Å². The molecule has 1 fully saturated rings. The van der Waals surface area contributed by atoms with Crippen molar-refractivity contribution >= 4 is 62.4 Å². The Morgan fingerprint density at radius 2 is 2.13 bits per heavy atom. The van der Waals surface area contributed by atoms with Gasteiger partial charge < -0.3 is 4.74 Å². The SMILES string of the molecule is Cl.O=C(C=Cc1cccs1)N(CCCN1CCOCC1)c1nc2ccc(F)cc2s1. The third kappa shape index (κ3) is 5.86. The minimum Gasteiger partial charge on any atom is -0.379 e. The lowest BCUT2D eigenvalue weighted by atomic mass is 10.3. The smallest absolute Gasteiger partial charge is 0.252 e. The second kappa shape index (κ2) is 11.0. The fourth-order valence-corrected chi connectivity index (χ4v) is 4.85. The van der Waals surface area contributed by atoms with Crippen molar-refractivity contribution in [2.24, 2.45) is 0 Å². The highest BCUT2D eigenvalue weighted by Crippen LogP contribution is 2.30. The second-order valence-corrected chi connectivity index (χ2v) is 8.74. The Labute approximate surface area is 189 Å². The highest BCUT2D eigenvalue weighted by atomic mass is 35.5. The molecule has 160 valence electrons. The Morgan fingerprint density at radius 3 is 2.90 bits per heavy atom. The monoisotopic (exact) mass is 467 g/mol. The maximum Gasteiger partial charge on any atom is 0.252 e. The van der Waals surface area contributed by atoms with Gasteiger partial charge in [0.1, 0.15) is 5.82 Å². The molecule has 1 aliphatic rings. The number of halogens is 2. The molecule has 0 atom stereocenters. The van der Waals surface area contributed by atoms with Gasteiger partial charge in [-0.2, -0.15) is 0 Å². The first-order chi connectivity index (χ1) is 14.2. The van der Waals surface area contributed by atoms with E-state index in [0.29, 0.717) is 17.2 Å². The molecule has 30 heavy (non-hydrogen) atoms. The largest absolute Gasteiger partial charge is 0.379 e. The summed E-state index contributed by atoms with van der Waals surface area (Å²) in [5.74, 6) is -0.407. The van der Waals surface area contributed by atoms with E-state index >= 15 is 0 Å². The van der Waals surface area contributed by atoms with Gasteiger partial charge in [-0.3, -0.25) is 14.6 Å². The Morgan fingerprint density at radius 1 is 1.30 bits per heavy atom. The fraction of sp³-hybridized carbons (Fsp3) is 0.333. The number of hydrogen-bond acceptors (Lipinski definition) is 6. The summed E-state index contributed by atoms with van der Waals surface area (Å²) >= 11 is 2.93. The van der Waals surface area contributed by atoms with Crippen molar-refractivity contribution in [3.8, 4) is 0 Å². The van der Waals surface area contributed by atoms with Crippen LogP contribution in [0.5, 0.6) is 0 Å². The molecule has 0 N–H and O–H groups in total. The maximum atomic E-state index is 13.6. The molecule has 3 aromatic rings. The molecule has 9 heteroatoms. The van der Waals surface area contributed by atoms with E-state index in [9.17, 15) is 9.18 Å². The van der Waals surface area contributed by atoms with Crippen LogP contribution in [-0.2, 0) is 9.53 Å². The van der Waals surface area contributed by atoms with E-state index < -0.39 is 0 Å². The number of anilines is 1. The van der Waals surface area contributed by atoms with E-state index in [1.165, 1.54) is 23.5 Å². The number of thiazole rings is 1. The van der Waals surface area contributed by atoms with Crippen LogP contribution in [-0.4, -0.2) is 55.2 Å².